The maximum absolute atomic E-state index is 2.68. The highest BCUT2D eigenvalue weighted by Crippen LogP contribution is 2.71. The number of hydrogen-bond acceptors (Lipinski definition) is 1. The average Bonchev–Trinajstić information content (AvgIpc) is 3.76. The van der Waals surface area contributed by atoms with Gasteiger partial charge in [0.1, 0.15) is 0 Å². The molecule has 0 N–H and O–H groups in total. The molecule has 312 valence electrons. The SMILES string of the molecule is CCC1CCC2CCCC(C1)C21c2ccc(-c3ccccc3)cc2-c2cc(N(c3ccc4ccccc4c3)c3cccc4c3-c3ccccc3C43C4CC5CC(C4)CC3C5)ccc21. The van der Waals surface area contributed by atoms with Gasteiger partial charge in [-0.25, -0.2) is 0 Å². The summed E-state index contributed by atoms with van der Waals surface area (Å²) >= 11 is 0. The highest BCUT2D eigenvalue weighted by Gasteiger charge is 2.62. The van der Waals surface area contributed by atoms with Gasteiger partial charge in [0, 0.05) is 27.8 Å². The topological polar surface area (TPSA) is 3.24 Å². The molecule has 0 aromatic heterocycles. The Morgan fingerprint density at radius 2 is 1.10 bits per heavy atom. The molecule has 1 heteroatoms. The van der Waals surface area contributed by atoms with E-state index in [-0.39, 0.29) is 10.8 Å². The lowest BCUT2D eigenvalue weighted by molar-refractivity contribution is -0.0399. The third-order valence-corrected chi connectivity index (χ3v) is 18.9. The van der Waals surface area contributed by atoms with Crippen LogP contribution in [0.15, 0.2) is 152 Å². The number of benzene rings is 7. The van der Waals surface area contributed by atoms with Gasteiger partial charge in [0.25, 0.3) is 0 Å². The van der Waals surface area contributed by atoms with E-state index < -0.39 is 0 Å². The highest BCUT2D eigenvalue weighted by atomic mass is 15.1. The van der Waals surface area contributed by atoms with Crippen LogP contribution < -0.4 is 4.90 Å². The fourth-order valence-corrected chi connectivity index (χ4v) is 16.7. The van der Waals surface area contributed by atoms with Gasteiger partial charge in [0.15, 0.2) is 0 Å². The number of fused-ring (bicyclic) bond motifs is 7. The van der Waals surface area contributed by atoms with Crippen molar-refractivity contribution < 1.29 is 0 Å². The fourth-order valence-electron chi connectivity index (χ4n) is 16.7. The lowest BCUT2D eigenvalue weighted by Crippen LogP contribution is -2.55. The van der Waals surface area contributed by atoms with Crippen LogP contribution in [0, 0.1) is 41.4 Å². The van der Waals surface area contributed by atoms with Crippen LogP contribution in [0.25, 0.3) is 44.2 Å². The van der Waals surface area contributed by atoms with Gasteiger partial charge in [-0.05, 0) is 196 Å². The van der Waals surface area contributed by atoms with Gasteiger partial charge in [0.2, 0.25) is 0 Å². The van der Waals surface area contributed by atoms with Crippen LogP contribution in [0.5, 0.6) is 0 Å². The first-order chi connectivity index (χ1) is 31.1. The van der Waals surface area contributed by atoms with Crippen LogP contribution in [0.1, 0.15) is 106 Å². The molecular weight excluding hydrogens is 759 g/mol. The smallest absolute Gasteiger partial charge is 0.0543 e. The predicted molar refractivity (Wildman–Crippen MR) is 262 cm³/mol. The van der Waals surface area contributed by atoms with Crippen molar-refractivity contribution in [2.45, 2.75) is 94.8 Å². The Kier molecular flexibility index (Phi) is 8.11. The van der Waals surface area contributed by atoms with E-state index in [1.165, 1.54) is 138 Å². The van der Waals surface area contributed by atoms with Gasteiger partial charge in [-0.1, -0.05) is 141 Å². The lowest BCUT2D eigenvalue weighted by atomic mass is 9.43. The van der Waals surface area contributed by atoms with Crippen LogP contribution in [-0.4, -0.2) is 0 Å². The summed E-state index contributed by atoms with van der Waals surface area (Å²) in [6.45, 7) is 2.45. The van der Waals surface area contributed by atoms with Crippen LogP contribution in [0.4, 0.5) is 17.1 Å². The summed E-state index contributed by atoms with van der Waals surface area (Å²) in [5.74, 6) is 5.51. The van der Waals surface area contributed by atoms with Crippen molar-refractivity contribution in [1.29, 1.82) is 0 Å². The molecule has 1 nitrogen and oxygen atoms in total. The Labute approximate surface area is 374 Å². The highest BCUT2D eigenvalue weighted by molar-refractivity contribution is 5.98. The molecular formula is C62H59N. The largest absolute Gasteiger partial charge is 0.310 e. The normalized spacial score (nSPS) is 30.3. The van der Waals surface area contributed by atoms with Crippen LogP contribution in [-0.2, 0) is 10.8 Å². The summed E-state index contributed by atoms with van der Waals surface area (Å²) in [5, 5.41) is 2.58. The molecule has 2 spiro atoms. The van der Waals surface area contributed by atoms with Crippen molar-refractivity contribution >= 4 is 27.8 Å². The second-order valence-electron chi connectivity index (χ2n) is 21.4. The van der Waals surface area contributed by atoms with Gasteiger partial charge in [-0.3, -0.25) is 0 Å². The molecule has 0 saturated heterocycles. The van der Waals surface area contributed by atoms with E-state index in [1.54, 1.807) is 22.3 Å². The summed E-state index contributed by atoms with van der Waals surface area (Å²) < 4.78 is 0. The predicted octanol–water partition coefficient (Wildman–Crippen LogP) is 16.6. The molecule has 0 heterocycles. The fraction of sp³-hybridized carbons (Fsp3) is 0.355. The molecule has 0 amide bonds. The van der Waals surface area contributed by atoms with Gasteiger partial charge >= 0.3 is 0 Å². The van der Waals surface area contributed by atoms with Crippen molar-refractivity contribution in [3.63, 3.8) is 0 Å². The van der Waals surface area contributed by atoms with Crippen molar-refractivity contribution in [3.05, 3.63) is 174 Å². The summed E-state index contributed by atoms with van der Waals surface area (Å²) in [6, 6.07) is 60.0. The Balaban J connectivity index is 1.02. The molecule has 63 heavy (non-hydrogen) atoms. The first-order valence-corrected chi connectivity index (χ1v) is 25.0. The summed E-state index contributed by atoms with van der Waals surface area (Å²) in [7, 11) is 0. The Hall–Kier alpha value is -5.40. The lowest BCUT2D eigenvalue weighted by Gasteiger charge is -2.61. The standard InChI is InChI=1S/C62H59N/c1-2-39-22-25-46-16-10-17-47(31-39)61(46)56-28-24-45(42-12-4-3-5-13-42)37-53(56)54-38-51(27-29-57(54)61)63(50-26-23-43-14-6-7-15-44(43)36-50)59-21-11-20-58-60(59)52-18-8-9-19-55(52)62(58)48-32-40-30-41(34-48)35-49(62)33-40/h3-9,11-15,18-21,23-24,26-29,36-41,46-49H,2,10,16-17,22,25,30-35H2,1H3. The molecule has 15 rings (SSSR count). The van der Waals surface area contributed by atoms with Crippen LogP contribution in [0.2, 0.25) is 0 Å². The van der Waals surface area contributed by atoms with Gasteiger partial charge < -0.3 is 4.90 Å². The quantitative estimate of drug-likeness (QED) is 0.167. The summed E-state index contributed by atoms with van der Waals surface area (Å²) in [5.41, 5.74) is 19.1. The second kappa shape index (κ2) is 13.8. The molecule has 8 aliphatic rings. The summed E-state index contributed by atoms with van der Waals surface area (Å²) in [6.07, 6.45) is 16.5. The third-order valence-electron chi connectivity index (χ3n) is 18.9. The number of rotatable bonds is 5. The number of anilines is 3. The zero-order valence-corrected chi connectivity index (χ0v) is 36.9. The molecule has 7 aromatic rings. The molecule has 6 fully saturated rings. The first kappa shape index (κ1) is 37.0. The number of hydrogen-bond donors (Lipinski definition) is 0. The summed E-state index contributed by atoms with van der Waals surface area (Å²) in [4.78, 5) is 2.68. The maximum atomic E-state index is 2.68. The Bertz CT molecular complexity index is 2930. The molecule has 7 aromatic carbocycles. The van der Waals surface area contributed by atoms with Crippen molar-refractivity contribution in [2.75, 3.05) is 4.90 Å². The van der Waals surface area contributed by atoms with E-state index >= 15 is 0 Å². The molecule has 6 bridgehead atoms. The minimum atomic E-state index is 0.0765. The van der Waals surface area contributed by atoms with Gasteiger partial charge in [0.05, 0.1) is 5.69 Å². The van der Waals surface area contributed by atoms with Crippen molar-refractivity contribution in [1.82, 2.24) is 0 Å². The van der Waals surface area contributed by atoms with Crippen molar-refractivity contribution in [2.24, 2.45) is 41.4 Å². The van der Waals surface area contributed by atoms with Crippen LogP contribution in [0.3, 0.4) is 0 Å². The monoisotopic (exact) mass is 817 g/mol. The zero-order valence-electron chi connectivity index (χ0n) is 36.9. The molecule has 4 unspecified atom stereocenters. The van der Waals surface area contributed by atoms with E-state index in [9.17, 15) is 0 Å². The van der Waals surface area contributed by atoms with E-state index in [1.807, 2.05) is 0 Å². The molecule has 0 radical (unpaired) electrons. The second-order valence-corrected chi connectivity index (χ2v) is 21.4. The van der Waals surface area contributed by atoms with Gasteiger partial charge in [-0.2, -0.15) is 0 Å². The van der Waals surface area contributed by atoms with E-state index in [0.29, 0.717) is 11.8 Å². The minimum Gasteiger partial charge on any atom is -0.310 e. The molecule has 6 saturated carbocycles. The van der Waals surface area contributed by atoms with E-state index in [2.05, 4.69) is 163 Å². The average molecular weight is 818 g/mol. The van der Waals surface area contributed by atoms with E-state index in [0.717, 1.165) is 29.6 Å². The molecule has 8 aliphatic carbocycles. The van der Waals surface area contributed by atoms with Crippen LogP contribution >= 0.6 is 0 Å². The minimum absolute atomic E-state index is 0.0765. The Morgan fingerprint density at radius 3 is 1.92 bits per heavy atom. The molecule has 0 aliphatic heterocycles. The van der Waals surface area contributed by atoms with E-state index in [4.69, 9.17) is 0 Å². The van der Waals surface area contributed by atoms with Crippen molar-refractivity contribution in [3.8, 4) is 33.4 Å². The van der Waals surface area contributed by atoms with Gasteiger partial charge in [-0.15, -0.1) is 0 Å². The molecule has 4 atom stereocenters. The first-order valence-electron chi connectivity index (χ1n) is 25.0. The maximum Gasteiger partial charge on any atom is 0.0543 e. The zero-order chi connectivity index (χ0) is 41.4. The number of nitrogens with zero attached hydrogens (tertiary/aromatic N) is 1. The Morgan fingerprint density at radius 1 is 0.444 bits per heavy atom. The third kappa shape index (κ3) is 5.06.